The van der Waals surface area contributed by atoms with Crippen LogP contribution in [0.4, 0.5) is 0 Å². The summed E-state index contributed by atoms with van der Waals surface area (Å²) in [6, 6.07) is 14.5. The number of esters is 1. The van der Waals surface area contributed by atoms with Gasteiger partial charge in [0.2, 0.25) is 0 Å². The van der Waals surface area contributed by atoms with Crippen LogP contribution in [0.15, 0.2) is 71.1 Å². The van der Waals surface area contributed by atoms with Gasteiger partial charge in [-0.2, -0.15) is 0 Å². The van der Waals surface area contributed by atoms with E-state index in [0.717, 1.165) is 30.0 Å². The Bertz CT molecular complexity index is 1300. The Hall–Kier alpha value is -3.62. The lowest BCUT2D eigenvalue weighted by Crippen LogP contribution is -2.36. The molecule has 1 heterocycles. The monoisotopic (exact) mass is 577 g/mol. The Labute approximate surface area is 248 Å². The van der Waals surface area contributed by atoms with E-state index in [4.69, 9.17) is 18.9 Å². The molecule has 8 nitrogen and oxygen atoms in total. The van der Waals surface area contributed by atoms with E-state index < -0.39 is 11.9 Å². The topological polar surface area (TPSA) is 103 Å². The Kier molecular flexibility index (Phi) is 11.6. The molecule has 2 aliphatic rings. The minimum absolute atomic E-state index is 0.0520. The second-order valence-electron chi connectivity index (χ2n) is 10.8. The van der Waals surface area contributed by atoms with E-state index in [-0.39, 0.29) is 37.1 Å². The molecule has 0 unspecified atom stereocenters. The standard InChI is InChI=1S/C34H43NO7/c1-4-5-6-9-15-40-16-17-41-18-19-42-34(38)31-23(2)35-28-21-25(27-13-7-8-14-30(27)39-3)22-29(37)33(28)32(31)24-11-10-12-26(36)20-24/h7-8,10-14,20,25,32,35-36H,4-6,9,15-19,21-22H2,1-3H3/t25-,32-/m1/s1. The van der Waals surface area contributed by atoms with E-state index in [2.05, 4.69) is 12.2 Å². The highest BCUT2D eigenvalue weighted by Crippen LogP contribution is 2.47. The number of ether oxygens (including phenoxy) is 4. The molecule has 2 aromatic carbocycles. The van der Waals surface area contributed by atoms with Crippen LogP contribution in [0.2, 0.25) is 0 Å². The number of carbonyl (C=O) groups excluding carboxylic acids is 2. The van der Waals surface area contributed by atoms with Crippen molar-refractivity contribution < 1.29 is 33.6 Å². The van der Waals surface area contributed by atoms with E-state index in [9.17, 15) is 14.7 Å². The quantitative estimate of drug-likeness (QED) is 0.199. The predicted molar refractivity (Wildman–Crippen MR) is 160 cm³/mol. The molecule has 1 aliphatic heterocycles. The first-order valence-electron chi connectivity index (χ1n) is 14.9. The van der Waals surface area contributed by atoms with Crippen molar-refractivity contribution in [1.29, 1.82) is 0 Å². The highest BCUT2D eigenvalue weighted by molar-refractivity contribution is 6.04. The molecule has 0 saturated heterocycles. The Balaban J connectivity index is 1.45. The molecule has 2 N–H and O–H groups in total. The number of phenols is 1. The third kappa shape index (κ3) is 7.81. The van der Waals surface area contributed by atoms with Gasteiger partial charge < -0.3 is 29.4 Å². The number of Topliss-reactive ketones (excluding diaryl/α,β-unsaturated/α-hetero) is 1. The number of para-hydroxylation sites is 1. The van der Waals surface area contributed by atoms with Gasteiger partial charge in [0.15, 0.2) is 5.78 Å². The van der Waals surface area contributed by atoms with Gasteiger partial charge in [-0.1, -0.05) is 56.5 Å². The molecule has 1 aliphatic carbocycles. The summed E-state index contributed by atoms with van der Waals surface area (Å²) in [5.74, 6) is -0.483. The summed E-state index contributed by atoms with van der Waals surface area (Å²) in [5.41, 5.74) is 3.94. The number of carbonyl (C=O) groups is 2. The zero-order valence-corrected chi connectivity index (χ0v) is 24.9. The van der Waals surface area contributed by atoms with Gasteiger partial charge in [0.25, 0.3) is 0 Å². The van der Waals surface area contributed by atoms with Crippen LogP contribution in [0.25, 0.3) is 0 Å². The van der Waals surface area contributed by atoms with E-state index in [1.165, 1.54) is 19.3 Å². The number of methoxy groups -OCH3 is 1. The number of dihydropyridines is 1. The number of nitrogens with one attached hydrogen (secondary N) is 1. The fourth-order valence-corrected chi connectivity index (χ4v) is 5.79. The second kappa shape index (κ2) is 15.6. The zero-order chi connectivity index (χ0) is 29.9. The summed E-state index contributed by atoms with van der Waals surface area (Å²) in [4.78, 5) is 27.3. The lowest BCUT2D eigenvalue weighted by molar-refractivity contribution is -0.141. The highest BCUT2D eigenvalue weighted by Gasteiger charge is 2.42. The maximum absolute atomic E-state index is 13.8. The summed E-state index contributed by atoms with van der Waals surface area (Å²) in [5, 5.41) is 13.6. The van der Waals surface area contributed by atoms with Crippen LogP contribution in [0.5, 0.6) is 11.5 Å². The van der Waals surface area contributed by atoms with Crippen LogP contribution < -0.4 is 10.1 Å². The summed E-state index contributed by atoms with van der Waals surface area (Å²) < 4.78 is 22.4. The van der Waals surface area contributed by atoms with Crippen molar-refractivity contribution in [3.63, 3.8) is 0 Å². The largest absolute Gasteiger partial charge is 0.508 e. The van der Waals surface area contributed by atoms with Gasteiger partial charge in [0.05, 0.1) is 32.5 Å². The van der Waals surface area contributed by atoms with E-state index in [1.807, 2.05) is 37.3 Å². The average molecular weight is 578 g/mol. The first-order valence-corrected chi connectivity index (χ1v) is 14.9. The molecule has 2 atom stereocenters. The van der Waals surface area contributed by atoms with Gasteiger partial charge in [-0.15, -0.1) is 0 Å². The molecular formula is C34H43NO7. The average Bonchev–Trinajstić information content (AvgIpc) is 2.98. The van der Waals surface area contributed by atoms with Crippen LogP contribution >= 0.6 is 0 Å². The molecule has 42 heavy (non-hydrogen) atoms. The summed E-state index contributed by atoms with van der Waals surface area (Å²) >= 11 is 0. The maximum Gasteiger partial charge on any atom is 0.336 e. The third-order valence-electron chi connectivity index (χ3n) is 7.80. The SMILES string of the molecule is CCCCCCOCCOCCOC(=O)C1=C(C)NC2=C(C(=O)C[C@H](c3ccccc3OC)C2)[C@@H]1c1cccc(O)c1. The molecule has 2 aromatic rings. The van der Waals surface area contributed by atoms with Gasteiger partial charge in [0.1, 0.15) is 18.1 Å². The zero-order valence-electron chi connectivity index (χ0n) is 24.9. The highest BCUT2D eigenvalue weighted by atomic mass is 16.6. The van der Waals surface area contributed by atoms with Crippen LogP contribution in [-0.2, 0) is 23.8 Å². The van der Waals surface area contributed by atoms with Crippen molar-refractivity contribution in [3.05, 3.63) is 82.2 Å². The molecule has 8 heteroatoms. The van der Waals surface area contributed by atoms with Gasteiger partial charge in [0, 0.05) is 41.8 Å². The minimum Gasteiger partial charge on any atom is -0.508 e. The van der Waals surface area contributed by atoms with Crippen LogP contribution in [0.3, 0.4) is 0 Å². The molecule has 0 amide bonds. The Morgan fingerprint density at radius 2 is 1.71 bits per heavy atom. The molecule has 0 fully saturated rings. The molecule has 0 radical (unpaired) electrons. The van der Waals surface area contributed by atoms with E-state index >= 15 is 0 Å². The fraction of sp³-hybridized carbons (Fsp3) is 0.471. The van der Waals surface area contributed by atoms with Crippen LogP contribution in [0.1, 0.15) is 75.3 Å². The number of benzene rings is 2. The first kappa shape index (κ1) is 31.3. The molecule has 0 spiro atoms. The van der Waals surface area contributed by atoms with Crippen LogP contribution in [0, 0.1) is 0 Å². The summed E-state index contributed by atoms with van der Waals surface area (Å²) in [7, 11) is 1.63. The van der Waals surface area contributed by atoms with E-state index in [1.54, 1.807) is 25.3 Å². The van der Waals surface area contributed by atoms with Gasteiger partial charge in [-0.25, -0.2) is 4.79 Å². The number of rotatable bonds is 15. The maximum atomic E-state index is 13.8. The number of ketones is 1. The lowest BCUT2D eigenvalue weighted by Gasteiger charge is -2.37. The first-order chi connectivity index (χ1) is 20.4. The predicted octanol–water partition coefficient (Wildman–Crippen LogP) is 5.92. The third-order valence-corrected chi connectivity index (χ3v) is 7.80. The number of phenolic OH excluding ortho intramolecular Hbond substituents is 1. The van der Waals surface area contributed by atoms with E-state index in [0.29, 0.717) is 42.0 Å². The lowest BCUT2D eigenvalue weighted by atomic mass is 9.71. The molecule has 4 rings (SSSR count). The molecule has 226 valence electrons. The number of unbranched alkanes of at least 4 members (excludes halogenated alkanes) is 3. The summed E-state index contributed by atoms with van der Waals surface area (Å²) in [6.07, 6.45) is 5.52. The Morgan fingerprint density at radius 1 is 0.952 bits per heavy atom. The number of aromatic hydroxyl groups is 1. The molecule has 0 bridgehead atoms. The van der Waals surface area contributed by atoms with Crippen molar-refractivity contribution in [1.82, 2.24) is 5.32 Å². The molecule has 0 aromatic heterocycles. The van der Waals surface area contributed by atoms with Crippen molar-refractivity contribution in [2.45, 2.75) is 64.2 Å². The smallest absolute Gasteiger partial charge is 0.336 e. The second-order valence-corrected chi connectivity index (χ2v) is 10.8. The molecule has 0 saturated carbocycles. The van der Waals surface area contributed by atoms with Gasteiger partial charge >= 0.3 is 5.97 Å². The number of hydrogen-bond acceptors (Lipinski definition) is 8. The van der Waals surface area contributed by atoms with Crippen molar-refractivity contribution in [3.8, 4) is 11.5 Å². The Morgan fingerprint density at radius 3 is 2.48 bits per heavy atom. The van der Waals surface area contributed by atoms with Crippen LogP contribution in [-0.4, -0.2) is 57.0 Å². The molecular weight excluding hydrogens is 534 g/mol. The fourth-order valence-electron chi connectivity index (χ4n) is 5.79. The van der Waals surface area contributed by atoms with Crippen molar-refractivity contribution in [2.24, 2.45) is 0 Å². The van der Waals surface area contributed by atoms with Crippen molar-refractivity contribution in [2.75, 3.05) is 40.1 Å². The van der Waals surface area contributed by atoms with Gasteiger partial charge in [-0.05, 0) is 49.1 Å². The summed E-state index contributed by atoms with van der Waals surface area (Å²) in [6.45, 7) is 5.98. The normalized spacial score (nSPS) is 18.5. The van der Waals surface area contributed by atoms with Gasteiger partial charge in [-0.3, -0.25) is 4.79 Å². The number of hydrogen-bond donors (Lipinski definition) is 2. The number of allylic oxidation sites excluding steroid dienone is 3. The minimum atomic E-state index is -0.658. The van der Waals surface area contributed by atoms with Crippen molar-refractivity contribution >= 4 is 11.8 Å².